The molecule has 0 N–H and O–H groups in total. The summed E-state index contributed by atoms with van der Waals surface area (Å²) >= 11 is 0. The second-order valence-corrected chi connectivity index (χ2v) is 6.00. The molecule has 0 aliphatic carbocycles. The quantitative estimate of drug-likeness (QED) is 0.506. The van der Waals surface area contributed by atoms with Gasteiger partial charge in [0.2, 0.25) is 5.52 Å². The van der Waals surface area contributed by atoms with Crippen molar-refractivity contribution in [3.8, 4) is 17.1 Å². The first-order valence-corrected chi connectivity index (χ1v) is 7.84. The summed E-state index contributed by atoms with van der Waals surface area (Å²) in [7, 11) is 0. The highest BCUT2D eigenvalue weighted by Crippen LogP contribution is 2.32. The molecule has 0 aliphatic rings. The van der Waals surface area contributed by atoms with E-state index in [1.807, 2.05) is 16.8 Å². The van der Waals surface area contributed by atoms with Crippen LogP contribution in [0.1, 0.15) is 16.7 Å². The van der Waals surface area contributed by atoms with Crippen molar-refractivity contribution in [2.45, 2.75) is 20.8 Å². The highest BCUT2D eigenvalue weighted by atomic mass is 16.4. The van der Waals surface area contributed by atoms with Gasteiger partial charge in [-0.2, -0.15) is 5.10 Å². The van der Waals surface area contributed by atoms with Crippen molar-refractivity contribution in [3.05, 3.63) is 64.8 Å². The van der Waals surface area contributed by atoms with Crippen molar-refractivity contribution < 1.29 is 4.42 Å². The number of para-hydroxylation sites is 1. The van der Waals surface area contributed by atoms with Crippen LogP contribution >= 0.6 is 0 Å². The van der Waals surface area contributed by atoms with Gasteiger partial charge in [-0.05, 0) is 44.0 Å². The molecular formula is C19H15N5O. The Hall–Kier alpha value is -3.46. The Balaban J connectivity index is 1.98. The first kappa shape index (κ1) is 15.1. The molecule has 0 unspecified atom stereocenters. The van der Waals surface area contributed by atoms with Gasteiger partial charge in [-0.15, -0.1) is 0 Å². The molecule has 0 fully saturated rings. The standard InChI is InChI=1S/C19H15N5O/c1-11-8-12(2)17(13(3)9-11)24-18(21-10-22-24)14-6-5-7-15-16(14)23-19(20-4)25-15/h5-10H,1-3H3. The monoisotopic (exact) mass is 329 g/mol. The molecule has 0 radical (unpaired) electrons. The molecule has 2 aromatic carbocycles. The Morgan fingerprint density at radius 3 is 2.60 bits per heavy atom. The number of aryl methyl sites for hydroxylation is 3. The van der Waals surface area contributed by atoms with Gasteiger partial charge in [-0.25, -0.2) is 9.67 Å². The molecule has 0 amide bonds. The summed E-state index contributed by atoms with van der Waals surface area (Å²) in [5.74, 6) is 0.672. The van der Waals surface area contributed by atoms with Crippen molar-refractivity contribution in [1.29, 1.82) is 0 Å². The van der Waals surface area contributed by atoms with Crippen LogP contribution in [-0.2, 0) is 0 Å². The Morgan fingerprint density at radius 2 is 1.88 bits per heavy atom. The molecule has 4 aromatic rings. The highest BCUT2D eigenvalue weighted by Gasteiger charge is 2.20. The lowest BCUT2D eigenvalue weighted by Crippen LogP contribution is -2.05. The number of hydrogen-bond donors (Lipinski definition) is 0. The van der Waals surface area contributed by atoms with Gasteiger partial charge in [-0.1, -0.05) is 35.3 Å². The fraction of sp³-hybridized carbons (Fsp3) is 0.158. The van der Waals surface area contributed by atoms with Crippen molar-refractivity contribution in [2.75, 3.05) is 0 Å². The SMILES string of the molecule is [C-]#[N+]c1nc2c(-c3ncnn3-c3c(C)cc(C)cc3C)cccc2o1. The molecular weight excluding hydrogens is 314 g/mol. The van der Waals surface area contributed by atoms with E-state index in [4.69, 9.17) is 11.0 Å². The zero-order valence-corrected chi connectivity index (χ0v) is 14.1. The van der Waals surface area contributed by atoms with E-state index in [1.165, 1.54) is 11.9 Å². The summed E-state index contributed by atoms with van der Waals surface area (Å²) in [6.45, 7) is 13.3. The molecule has 6 heteroatoms. The molecule has 0 saturated carbocycles. The molecule has 122 valence electrons. The minimum Gasteiger partial charge on any atom is -0.460 e. The smallest absolute Gasteiger partial charge is 0.450 e. The predicted molar refractivity (Wildman–Crippen MR) is 94.8 cm³/mol. The van der Waals surface area contributed by atoms with Crippen LogP contribution in [0.25, 0.3) is 33.0 Å². The van der Waals surface area contributed by atoms with Gasteiger partial charge < -0.3 is 9.26 Å². The lowest BCUT2D eigenvalue weighted by Gasteiger charge is -2.13. The Labute approximate surface area is 144 Å². The van der Waals surface area contributed by atoms with Crippen molar-refractivity contribution in [3.63, 3.8) is 0 Å². The summed E-state index contributed by atoms with van der Waals surface area (Å²) in [5, 5.41) is 4.43. The van der Waals surface area contributed by atoms with Gasteiger partial charge in [0.25, 0.3) is 0 Å². The molecule has 0 saturated heterocycles. The Morgan fingerprint density at radius 1 is 1.12 bits per heavy atom. The highest BCUT2D eigenvalue weighted by molar-refractivity contribution is 5.90. The average molecular weight is 329 g/mol. The van der Waals surface area contributed by atoms with Crippen LogP contribution in [0, 0.1) is 27.3 Å². The van der Waals surface area contributed by atoms with E-state index < -0.39 is 0 Å². The van der Waals surface area contributed by atoms with Crippen LogP contribution in [-0.4, -0.2) is 19.7 Å². The fourth-order valence-electron chi connectivity index (χ4n) is 3.26. The third kappa shape index (κ3) is 2.37. The maximum Gasteiger partial charge on any atom is 0.450 e. The van der Waals surface area contributed by atoms with Gasteiger partial charge in [-0.3, -0.25) is 0 Å². The van der Waals surface area contributed by atoms with E-state index in [0.717, 1.165) is 22.4 Å². The number of benzene rings is 2. The molecule has 2 heterocycles. The van der Waals surface area contributed by atoms with Crippen LogP contribution in [0.5, 0.6) is 0 Å². The first-order valence-electron chi connectivity index (χ1n) is 7.84. The van der Waals surface area contributed by atoms with Crippen LogP contribution in [0.2, 0.25) is 0 Å². The van der Waals surface area contributed by atoms with E-state index in [0.29, 0.717) is 16.9 Å². The lowest BCUT2D eigenvalue weighted by atomic mass is 10.0. The van der Waals surface area contributed by atoms with Crippen LogP contribution in [0.15, 0.2) is 41.1 Å². The minimum absolute atomic E-state index is 0.0243. The molecule has 2 aromatic heterocycles. The van der Waals surface area contributed by atoms with Crippen molar-refractivity contribution >= 4 is 17.1 Å². The van der Waals surface area contributed by atoms with E-state index in [2.05, 4.69) is 52.8 Å². The molecule has 0 bridgehead atoms. The van der Waals surface area contributed by atoms with E-state index in [9.17, 15) is 0 Å². The molecule has 0 atom stereocenters. The second-order valence-electron chi connectivity index (χ2n) is 6.00. The van der Waals surface area contributed by atoms with E-state index in [-0.39, 0.29) is 6.01 Å². The minimum atomic E-state index is 0.0243. The lowest BCUT2D eigenvalue weighted by molar-refractivity contribution is 0.632. The third-order valence-corrected chi connectivity index (χ3v) is 4.14. The number of hydrogen-bond acceptors (Lipinski definition) is 4. The van der Waals surface area contributed by atoms with E-state index >= 15 is 0 Å². The summed E-state index contributed by atoms with van der Waals surface area (Å²) in [6.07, 6.45) is 1.53. The third-order valence-electron chi connectivity index (χ3n) is 4.14. The topological polar surface area (TPSA) is 61.1 Å². The maximum absolute atomic E-state index is 7.11. The largest absolute Gasteiger partial charge is 0.460 e. The molecule has 25 heavy (non-hydrogen) atoms. The zero-order chi connectivity index (χ0) is 17.6. The van der Waals surface area contributed by atoms with Crippen molar-refractivity contribution in [2.24, 2.45) is 0 Å². The van der Waals surface area contributed by atoms with Gasteiger partial charge >= 0.3 is 6.01 Å². The Kier molecular flexibility index (Phi) is 3.36. The van der Waals surface area contributed by atoms with E-state index in [1.54, 1.807) is 6.07 Å². The molecule has 4 rings (SSSR count). The number of aromatic nitrogens is 4. The summed E-state index contributed by atoms with van der Waals surface area (Å²) in [5.41, 5.74) is 6.43. The number of fused-ring (bicyclic) bond motifs is 1. The number of nitrogens with zero attached hydrogens (tertiary/aromatic N) is 5. The summed E-state index contributed by atoms with van der Waals surface area (Å²) < 4.78 is 7.27. The van der Waals surface area contributed by atoms with Crippen LogP contribution in [0.4, 0.5) is 6.01 Å². The van der Waals surface area contributed by atoms with Crippen LogP contribution in [0.3, 0.4) is 0 Å². The zero-order valence-electron chi connectivity index (χ0n) is 14.1. The van der Waals surface area contributed by atoms with Gasteiger partial charge in [0.1, 0.15) is 6.33 Å². The normalized spacial score (nSPS) is 11.0. The maximum atomic E-state index is 7.11. The first-order chi connectivity index (χ1) is 12.1. The molecule has 0 aliphatic heterocycles. The van der Waals surface area contributed by atoms with Crippen LogP contribution < -0.4 is 0 Å². The predicted octanol–water partition coefficient (Wildman–Crippen LogP) is 4.55. The second kappa shape index (κ2) is 5.56. The van der Waals surface area contributed by atoms with Crippen molar-refractivity contribution in [1.82, 2.24) is 19.7 Å². The summed E-state index contributed by atoms with van der Waals surface area (Å²) in [4.78, 5) is 12.0. The van der Waals surface area contributed by atoms with Gasteiger partial charge in [0.05, 0.1) is 11.3 Å². The van der Waals surface area contributed by atoms with Gasteiger partial charge in [0, 0.05) is 0 Å². The number of oxazole rings is 1. The summed E-state index contributed by atoms with van der Waals surface area (Å²) in [6, 6.07) is 9.85. The fourth-order valence-corrected chi connectivity index (χ4v) is 3.26. The molecule has 0 spiro atoms. The Bertz CT molecular complexity index is 1120. The molecule has 6 nitrogen and oxygen atoms in total. The average Bonchev–Trinajstić information content (AvgIpc) is 3.19. The number of rotatable bonds is 2. The van der Waals surface area contributed by atoms with Gasteiger partial charge in [0.15, 0.2) is 11.4 Å².